The Hall–Kier alpha value is -2.97. The van der Waals surface area contributed by atoms with E-state index in [9.17, 15) is 24.5 Å². The first-order chi connectivity index (χ1) is 13.8. The number of carbonyl (C=O) groups excluding carboxylic acids is 3. The molecule has 1 aromatic rings. The summed E-state index contributed by atoms with van der Waals surface area (Å²) in [7, 11) is 0. The van der Waals surface area contributed by atoms with Gasteiger partial charge in [-0.25, -0.2) is 4.79 Å². The van der Waals surface area contributed by atoms with Crippen molar-refractivity contribution in [3.8, 4) is 0 Å². The Morgan fingerprint density at radius 1 is 1.21 bits per heavy atom. The van der Waals surface area contributed by atoms with Gasteiger partial charge in [-0.3, -0.25) is 29.9 Å². The lowest BCUT2D eigenvalue weighted by Crippen LogP contribution is -2.72. The summed E-state index contributed by atoms with van der Waals surface area (Å²) < 4.78 is 0. The zero-order chi connectivity index (χ0) is 20.9. The molecular formula is C20H24N4O5. The first-order valence-electron chi connectivity index (χ1n) is 10.0. The maximum Gasteiger partial charge on any atom is 0.331 e. The number of nitro groups is 1. The van der Waals surface area contributed by atoms with Crippen LogP contribution in [0.25, 0.3) is 0 Å². The highest BCUT2D eigenvalue weighted by atomic mass is 16.6. The summed E-state index contributed by atoms with van der Waals surface area (Å²) >= 11 is 0. The fourth-order valence-electron chi connectivity index (χ4n) is 5.03. The van der Waals surface area contributed by atoms with Crippen LogP contribution in [0.15, 0.2) is 18.2 Å². The maximum atomic E-state index is 13.6. The number of nitrogens with zero attached hydrogens (tertiary/aromatic N) is 3. The van der Waals surface area contributed by atoms with Crippen LogP contribution >= 0.6 is 0 Å². The number of imide groups is 2. The zero-order valence-corrected chi connectivity index (χ0v) is 16.5. The van der Waals surface area contributed by atoms with Gasteiger partial charge in [-0.2, -0.15) is 0 Å². The van der Waals surface area contributed by atoms with E-state index in [-0.39, 0.29) is 18.2 Å². The molecule has 1 N–H and O–H groups in total. The van der Waals surface area contributed by atoms with E-state index in [4.69, 9.17) is 0 Å². The highest BCUT2D eigenvalue weighted by molar-refractivity contribution is 6.20. The van der Waals surface area contributed by atoms with Crippen molar-refractivity contribution >= 4 is 29.2 Å². The molecule has 2 saturated heterocycles. The lowest BCUT2D eigenvalue weighted by Gasteiger charge is -2.52. The minimum Gasteiger partial charge on any atom is -0.367 e. The first-order valence-corrected chi connectivity index (χ1v) is 10.0. The SMILES string of the molecule is CC(C)N1C(=O)NC(=O)[C@]2(Cc3cc([N+](=O)[O-])ccc3N3CCCCC[C@H]32)C1=O. The summed E-state index contributed by atoms with van der Waals surface area (Å²) in [5.74, 6) is -1.10. The minimum absolute atomic E-state index is 0.0480. The van der Waals surface area contributed by atoms with E-state index in [0.29, 0.717) is 18.5 Å². The molecule has 1 aromatic carbocycles. The summed E-state index contributed by atoms with van der Waals surface area (Å²) in [5, 5.41) is 13.7. The van der Waals surface area contributed by atoms with Crippen LogP contribution in [-0.2, 0) is 16.0 Å². The molecule has 2 atom stereocenters. The molecule has 9 nitrogen and oxygen atoms in total. The number of fused-ring (bicyclic) bond motifs is 4. The molecule has 9 heteroatoms. The summed E-state index contributed by atoms with van der Waals surface area (Å²) in [6.45, 7) is 4.12. The number of nitro benzene ring substituents is 1. The highest BCUT2D eigenvalue weighted by Gasteiger charge is 2.62. The van der Waals surface area contributed by atoms with Crippen LogP contribution in [0.5, 0.6) is 0 Å². The Kier molecular flexibility index (Phi) is 4.55. The topological polar surface area (TPSA) is 113 Å². The van der Waals surface area contributed by atoms with Gasteiger partial charge in [-0.1, -0.05) is 12.8 Å². The second-order valence-corrected chi connectivity index (χ2v) is 8.30. The number of rotatable bonds is 2. The lowest BCUT2D eigenvalue weighted by molar-refractivity contribution is -0.384. The van der Waals surface area contributed by atoms with Crippen molar-refractivity contribution in [1.29, 1.82) is 0 Å². The molecule has 0 radical (unpaired) electrons. The second kappa shape index (κ2) is 6.82. The summed E-state index contributed by atoms with van der Waals surface area (Å²) in [6, 6.07) is 3.14. The van der Waals surface area contributed by atoms with Crippen LogP contribution in [-0.4, -0.2) is 46.3 Å². The number of hydrogen-bond acceptors (Lipinski definition) is 6. The van der Waals surface area contributed by atoms with Crippen molar-refractivity contribution in [2.75, 3.05) is 11.4 Å². The third-order valence-electron chi connectivity index (χ3n) is 6.34. The van der Waals surface area contributed by atoms with Crippen molar-refractivity contribution in [3.63, 3.8) is 0 Å². The van der Waals surface area contributed by atoms with E-state index >= 15 is 0 Å². The smallest absolute Gasteiger partial charge is 0.331 e. The van der Waals surface area contributed by atoms with E-state index in [1.165, 1.54) is 12.1 Å². The van der Waals surface area contributed by atoms with Gasteiger partial charge in [-0.15, -0.1) is 0 Å². The number of hydrogen-bond donors (Lipinski definition) is 1. The second-order valence-electron chi connectivity index (χ2n) is 8.30. The molecule has 154 valence electrons. The van der Waals surface area contributed by atoms with Gasteiger partial charge < -0.3 is 4.90 Å². The molecule has 3 heterocycles. The van der Waals surface area contributed by atoms with Gasteiger partial charge in [-0.05, 0) is 38.3 Å². The van der Waals surface area contributed by atoms with Crippen LogP contribution in [0.1, 0.15) is 45.1 Å². The van der Waals surface area contributed by atoms with Crippen molar-refractivity contribution in [3.05, 3.63) is 33.9 Å². The molecule has 0 aromatic heterocycles. The Morgan fingerprint density at radius 3 is 2.66 bits per heavy atom. The number of amides is 4. The standard InChI is InChI=1S/C20H24N4O5/c1-12(2)23-18(26)20(17(25)21-19(23)27)11-13-10-14(24(28)29)7-8-15(13)22-9-5-3-4-6-16(20)22/h7-8,10,12,16H,3-6,9,11H2,1-2H3,(H,21,25,27)/t16-,20+/m0/s1. The number of benzene rings is 1. The highest BCUT2D eigenvalue weighted by Crippen LogP contribution is 2.48. The van der Waals surface area contributed by atoms with Gasteiger partial charge in [0, 0.05) is 36.8 Å². The molecule has 0 saturated carbocycles. The lowest BCUT2D eigenvalue weighted by atomic mass is 9.67. The van der Waals surface area contributed by atoms with E-state index in [2.05, 4.69) is 10.2 Å². The normalized spacial score (nSPS) is 26.9. The predicted molar refractivity (Wildman–Crippen MR) is 104 cm³/mol. The first kappa shape index (κ1) is 19.4. The Morgan fingerprint density at radius 2 is 1.97 bits per heavy atom. The largest absolute Gasteiger partial charge is 0.367 e. The molecule has 0 aliphatic carbocycles. The van der Waals surface area contributed by atoms with Crippen LogP contribution in [0.3, 0.4) is 0 Å². The summed E-state index contributed by atoms with van der Waals surface area (Å²) in [5.41, 5.74) is -0.113. The molecule has 4 amide bonds. The van der Waals surface area contributed by atoms with Crippen molar-refractivity contribution in [2.45, 2.75) is 58.0 Å². The van der Waals surface area contributed by atoms with Crippen LogP contribution in [0.4, 0.5) is 16.2 Å². The van der Waals surface area contributed by atoms with Crippen LogP contribution in [0, 0.1) is 15.5 Å². The van der Waals surface area contributed by atoms with Crippen molar-refractivity contribution < 1.29 is 19.3 Å². The molecular weight excluding hydrogens is 376 g/mol. The van der Waals surface area contributed by atoms with Gasteiger partial charge in [0.25, 0.3) is 5.69 Å². The molecule has 3 aliphatic rings. The third-order valence-corrected chi connectivity index (χ3v) is 6.34. The van der Waals surface area contributed by atoms with Gasteiger partial charge in [0.05, 0.1) is 11.0 Å². The van der Waals surface area contributed by atoms with E-state index < -0.39 is 34.2 Å². The Labute approximate surface area is 168 Å². The fourth-order valence-corrected chi connectivity index (χ4v) is 5.03. The average Bonchev–Trinajstić information content (AvgIpc) is 2.91. The minimum atomic E-state index is -1.47. The van der Waals surface area contributed by atoms with Gasteiger partial charge in [0.1, 0.15) is 0 Å². The number of nitrogens with one attached hydrogen (secondary N) is 1. The van der Waals surface area contributed by atoms with Gasteiger partial charge in [0.15, 0.2) is 5.41 Å². The molecule has 2 fully saturated rings. The molecule has 4 rings (SSSR count). The molecule has 29 heavy (non-hydrogen) atoms. The zero-order valence-electron chi connectivity index (χ0n) is 16.5. The quantitative estimate of drug-likeness (QED) is 0.463. The summed E-state index contributed by atoms with van der Waals surface area (Å²) in [4.78, 5) is 53.2. The van der Waals surface area contributed by atoms with Gasteiger partial charge in [0.2, 0.25) is 11.8 Å². The number of carbonyl (C=O) groups is 3. The Bertz CT molecular complexity index is 914. The van der Waals surface area contributed by atoms with E-state index in [1.54, 1.807) is 19.9 Å². The number of non-ortho nitro benzene ring substituents is 1. The average molecular weight is 400 g/mol. The molecule has 0 bridgehead atoms. The molecule has 3 aliphatic heterocycles. The monoisotopic (exact) mass is 400 g/mol. The Balaban J connectivity index is 1.91. The predicted octanol–water partition coefficient (Wildman–Crippen LogP) is 2.37. The van der Waals surface area contributed by atoms with Crippen LogP contribution < -0.4 is 10.2 Å². The number of barbiturate groups is 1. The summed E-state index contributed by atoms with van der Waals surface area (Å²) in [6.07, 6.45) is 3.46. The van der Waals surface area contributed by atoms with E-state index in [1.807, 2.05) is 0 Å². The number of urea groups is 1. The van der Waals surface area contributed by atoms with E-state index in [0.717, 1.165) is 29.8 Å². The maximum absolute atomic E-state index is 13.6. The van der Waals surface area contributed by atoms with Crippen molar-refractivity contribution in [1.82, 2.24) is 10.2 Å². The van der Waals surface area contributed by atoms with Crippen LogP contribution in [0.2, 0.25) is 0 Å². The fraction of sp³-hybridized carbons (Fsp3) is 0.550. The van der Waals surface area contributed by atoms with Crippen molar-refractivity contribution in [2.24, 2.45) is 5.41 Å². The molecule has 1 spiro atoms. The number of anilines is 1. The van der Waals surface area contributed by atoms with Gasteiger partial charge >= 0.3 is 6.03 Å². The molecule has 0 unspecified atom stereocenters. The third kappa shape index (κ3) is 2.79.